The van der Waals surface area contributed by atoms with Gasteiger partial charge in [0.25, 0.3) is 5.56 Å². The maximum Gasteiger partial charge on any atom is 0.267 e. The summed E-state index contributed by atoms with van der Waals surface area (Å²) in [7, 11) is 0. The van der Waals surface area contributed by atoms with Crippen molar-refractivity contribution in [3.8, 4) is 11.3 Å². The fraction of sp³-hybridized carbons (Fsp3) is 0.188. The first-order valence-corrected chi connectivity index (χ1v) is 8.09. The highest BCUT2D eigenvalue weighted by Crippen LogP contribution is 2.19. The van der Waals surface area contributed by atoms with E-state index in [1.54, 1.807) is 13.0 Å². The van der Waals surface area contributed by atoms with E-state index in [9.17, 15) is 9.59 Å². The molecule has 0 atom stereocenters. The Balaban J connectivity index is 1.83. The molecule has 0 saturated heterocycles. The summed E-state index contributed by atoms with van der Waals surface area (Å²) in [5.74, 6) is -0.373. The van der Waals surface area contributed by atoms with E-state index >= 15 is 0 Å². The van der Waals surface area contributed by atoms with Crippen LogP contribution in [0.4, 0.5) is 5.13 Å². The van der Waals surface area contributed by atoms with Crippen molar-refractivity contribution in [1.82, 2.24) is 20.0 Å². The van der Waals surface area contributed by atoms with Gasteiger partial charge in [-0.05, 0) is 25.5 Å². The summed E-state index contributed by atoms with van der Waals surface area (Å²) in [5, 5.41) is 15.7. The predicted molar refractivity (Wildman–Crippen MR) is 91.9 cm³/mol. The minimum absolute atomic E-state index is 0.183. The Kier molecular flexibility index (Phi) is 4.48. The molecule has 3 aromatic rings. The lowest BCUT2D eigenvalue weighted by Crippen LogP contribution is -2.29. The van der Waals surface area contributed by atoms with Crippen molar-refractivity contribution < 1.29 is 4.79 Å². The van der Waals surface area contributed by atoms with E-state index in [2.05, 4.69) is 20.6 Å². The summed E-state index contributed by atoms with van der Waals surface area (Å²) >= 11 is 1.27. The van der Waals surface area contributed by atoms with Crippen molar-refractivity contribution in [2.45, 2.75) is 20.4 Å². The number of nitrogens with one attached hydrogen (secondary N) is 1. The molecule has 3 rings (SSSR count). The van der Waals surface area contributed by atoms with Gasteiger partial charge in [0.05, 0.1) is 5.69 Å². The highest BCUT2D eigenvalue weighted by Gasteiger charge is 2.11. The van der Waals surface area contributed by atoms with E-state index in [0.717, 1.165) is 20.8 Å². The third-order valence-corrected chi connectivity index (χ3v) is 4.11. The van der Waals surface area contributed by atoms with Crippen LogP contribution >= 0.6 is 11.3 Å². The molecule has 0 radical (unpaired) electrons. The molecule has 0 aliphatic rings. The Morgan fingerprint density at radius 1 is 1.17 bits per heavy atom. The van der Waals surface area contributed by atoms with Crippen molar-refractivity contribution in [1.29, 1.82) is 0 Å². The Hall–Kier alpha value is -2.87. The van der Waals surface area contributed by atoms with Crippen LogP contribution in [0.15, 0.2) is 41.2 Å². The van der Waals surface area contributed by atoms with Crippen LogP contribution in [0.1, 0.15) is 10.6 Å². The number of rotatable bonds is 4. The molecule has 0 aliphatic carbocycles. The minimum atomic E-state index is -0.373. The average molecular weight is 341 g/mol. The maximum absolute atomic E-state index is 12.1. The van der Waals surface area contributed by atoms with E-state index in [-0.39, 0.29) is 18.0 Å². The molecule has 0 bridgehead atoms. The van der Waals surface area contributed by atoms with Gasteiger partial charge in [0, 0.05) is 11.6 Å². The smallest absolute Gasteiger partial charge is 0.267 e. The third-order valence-electron chi connectivity index (χ3n) is 3.35. The molecular formula is C16H15N5O2S. The van der Waals surface area contributed by atoms with E-state index in [4.69, 9.17) is 0 Å². The first-order chi connectivity index (χ1) is 11.5. The van der Waals surface area contributed by atoms with Crippen molar-refractivity contribution in [3.63, 3.8) is 0 Å². The van der Waals surface area contributed by atoms with Gasteiger partial charge in [0.2, 0.25) is 11.0 Å². The van der Waals surface area contributed by atoms with Crippen LogP contribution in [0, 0.1) is 13.8 Å². The number of benzene rings is 1. The molecule has 1 N–H and O–H groups in total. The van der Waals surface area contributed by atoms with Crippen LogP contribution < -0.4 is 10.9 Å². The molecule has 7 nitrogen and oxygen atoms in total. The SMILES string of the molecule is Cc1nnc(NC(=O)Cn2nc(-c3ccccc3C)ccc2=O)s1. The monoisotopic (exact) mass is 341 g/mol. The van der Waals surface area contributed by atoms with Gasteiger partial charge < -0.3 is 0 Å². The van der Waals surface area contributed by atoms with Gasteiger partial charge in [-0.1, -0.05) is 35.6 Å². The lowest BCUT2D eigenvalue weighted by Gasteiger charge is -2.08. The van der Waals surface area contributed by atoms with Crippen molar-refractivity contribution in [2.24, 2.45) is 0 Å². The highest BCUT2D eigenvalue weighted by atomic mass is 32.1. The number of anilines is 1. The molecule has 122 valence electrons. The van der Waals surface area contributed by atoms with Gasteiger partial charge in [-0.2, -0.15) is 5.10 Å². The topological polar surface area (TPSA) is 89.8 Å². The summed E-state index contributed by atoms with van der Waals surface area (Å²) in [4.78, 5) is 24.1. The number of amides is 1. The summed E-state index contributed by atoms with van der Waals surface area (Å²) in [6.45, 7) is 3.58. The molecular weight excluding hydrogens is 326 g/mol. The number of nitrogens with zero attached hydrogens (tertiary/aromatic N) is 4. The molecule has 0 saturated carbocycles. The Morgan fingerprint density at radius 3 is 2.67 bits per heavy atom. The van der Waals surface area contributed by atoms with Crippen LogP contribution in [-0.4, -0.2) is 25.9 Å². The zero-order chi connectivity index (χ0) is 17.1. The second-order valence-electron chi connectivity index (χ2n) is 5.20. The molecule has 0 fully saturated rings. The number of hydrogen-bond acceptors (Lipinski definition) is 6. The number of carbonyl (C=O) groups is 1. The maximum atomic E-state index is 12.1. The predicted octanol–water partition coefficient (Wildman–Crippen LogP) is 2.02. The van der Waals surface area contributed by atoms with E-state index in [1.807, 2.05) is 31.2 Å². The van der Waals surface area contributed by atoms with Gasteiger partial charge in [-0.3, -0.25) is 14.9 Å². The standard InChI is InChI=1S/C16H15N5O2S/c1-10-5-3-4-6-12(10)13-7-8-15(23)21(20-13)9-14(22)17-16-19-18-11(2)24-16/h3-8H,9H2,1-2H3,(H,17,19,22). The quantitative estimate of drug-likeness (QED) is 0.784. The number of hydrogen-bond donors (Lipinski definition) is 1. The highest BCUT2D eigenvalue weighted by molar-refractivity contribution is 7.15. The van der Waals surface area contributed by atoms with Crippen LogP contribution in [0.3, 0.4) is 0 Å². The first-order valence-electron chi connectivity index (χ1n) is 7.27. The Labute approximate surface area is 142 Å². The summed E-state index contributed by atoms with van der Waals surface area (Å²) < 4.78 is 1.14. The fourth-order valence-corrected chi connectivity index (χ4v) is 2.82. The molecule has 1 aromatic carbocycles. The molecule has 1 amide bonds. The molecule has 0 spiro atoms. The zero-order valence-corrected chi connectivity index (χ0v) is 14.0. The lowest BCUT2D eigenvalue weighted by molar-refractivity contribution is -0.117. The Bertz CT molecular complexity index is 947. The molecule has 2 aromatic heterocycles. The number of aryl methyl sites for hydroxylation is 2. The van der Waals surface area contributed by atoms with Crippen molar-refractivity contribution in [2.75, 3.05) is 5.32 Å². The summed E-state index contributed by atoms with van der Waals surface area (Å²) in [5.41, 5.74) is 2.28. The second-order valence-corrected chi connectivity index (χ2v) is 6.39. The molecule has 0 unspecified atom stereocenters. The van der Waals surface area contributed by atoms with Crippen molar-refractivity contribution in [3.05, 3.63) is 57.3 Å². The van der Waals surface area contributed by atoms with Gasteiger partial charge in [0.15, 0.2) is 0 Å². The second kappa shape index (κ2) is 6.71. The molecule has 24 heavy (non-hydrogen) atoms. The number of aromatic nitrogens is 4. The van der Waals surface area contributed by atoms with Gasteiger partial charge in [-0.25, -0.2) is 4.68 Å². The zero-order valence-electron chi connectivity index (χ0n) is 13.2. The normalized spacial score (nSPS) is 10.6. The molecule has 8 heteroatoms. The van der Waals surface area contributed by atoms with Gasteiger partial charge in [-0.15, -0.1) is 10.2 Å². The summed E-state index contributed by atoms with van der Waals surface area (Å²) in [6.07, 6.45) is 0. The van der Waals surface area contributed by atoms with E-state index in [0.29, 0.717) is 10.8 Å². The van der Waals surface area contributed by atoms with Gasteiger partial charge >= 0.3 is 0 Å². The van der Waals surface area contributed by atoms with Gasteiger partial charge in [0.1, 0.15) is 11.6 Å². The largest absolute Gasteiger partial charge is 0.299 e. The van der Waals surface area contributed by atoms with E-state index in [1.165, 1.54) is 17.4 Å². The van der Waals surface area contributed by atoms with Crippen molar-refractivity contribution >= 4 is 22.4 Å². The van der Waals surface area contributed by atoms with Crippen LogP contribution in [0.2, 0.25) is 0 Å². The van der Waals surface area contributed by atoms with E-state index < -0.39 is 0 Å². The van der Waals surface area contributed by atoms with Crippen LogP contribution in [-0.2, 0) is 11.3 Å². The average Bonchev–Trinajstić information content (AvgIpc) is 2.95. The molecule has 2 heterocycles. The van der Waals surface area contributed by atoms with Crippen LogP contribution in [0.25, 0.3) is 11.3 Å². The lowest BCUT2D eigenvalue weighted by atomic mass is 10.1. The minimum Gasteiger partial charge on any atom is -0.299 e. The summed E-state index contributed by atoms with van der Waals surface area (Å²) in [6, 6.07) is 10.8. The first kappa shape index (κ1) is 16.0. The van der Waals surface area contributed by atoms with Crippen LogP contribution in [0.5, 0.6) is 0 Å². The third kappa shape index (κ3) is 3.54. The fourth-order valence-electron chi connectivity index (χ4n) is 2.21. The Morgan fingerprint density at radius 2 is 1.96 bits per heavy atom. The molecule has 0 aliphatic heterocycles. The number of carbonyl (C=O) groups excluding carboxylic acids is 1.